The maximum absolute atomic E-state index is 3.73. The van der Waals surface area contributed by atoms with E-state index in [9.17, 15) is 0 Å². The molecule has 0 bridgehead atoms. The third-order valence-electron chi connectivity index (χ3n) is 1.11. The number of hydrogen-bond donors (Lipinski definition) is 1. The summed E-state index contributed by atoms with van der Waals surface area (Å²) in [5.41, 5.74) is 1.83. The second kappa shape index (κ2) is 4.62. The first-order chi connectivity index (χ1) is 4.74. The zero-order valence-electron chi connectivity index (χ0n) is 6.35. The minimum Gasteiger partial charge on any atom is -0.388 e. The highest BCUT2D eigenvalue weighted by Crippen LogP contribution is 1.98. The van der Waals surface area contributed by atoms with Gasteiger partial charge in [-0.3, -0.25) is 0 Å². The predicted octanol–water partition coefficient (Wildman–Crippen LogP) is 2.02. The smallest absolute Gasteiger partial charge is 0.0337 e. The van der Waals surface area contributed by atoms with E-state index in [1.165, 1.54) is 0 Å². The molecule has 0 aromatic carbocycles. The summed E-state index contributed by atoms with van der Waals surface area (Å²) in [6, 6.07) is 0. The van der Waals surface area contributed by atoms with Gasteiger partial charge in [-0.25, -0.2) is 0 Å². The molecule has 1 N–H and O–H groups in total. The fourth-order valence-corrected chi connectivity index (χ4v) is 0.492. The lowest BCUT2D eigenvalue weighted by atomic mass is 10.2. The summed E-state index contributed by atoms with van der Waals surface area (Å²) >= 11 is 0. The van der Waals surface area contributed by atoms with Crippen LogP contribution in [0, 0.1) is 0 Å². The maximum atomic E-state index is 3.73. The second-order valence-electron chi connectivity index (χ2n) is 1.83. The fraction of sp³-hybridized carbons (Fsp3) is 0.111. The van der Waals surface area contributed by atoms with Gasteiger partial charge in [-0.05, 0) is 17.7 Å². The van der Waals surface area contributed by atoms with Crippen LogP contribution in [0.4, 0.5) is 0 Å². The molecule has 1 nitrogen and oxygen atoms in total. The van der Waals surface area contributed by atoms with E-state index in [1.807, 2.05) is 13.1 Å². The van der Waals surface area contributed by atoms with Crippen molar-refractivity contribution in [2.45, 2.75) is 0 Å². The Labute approximate surface area is 62.5 Å². The number of hydrogen-bond acceptors (Lipinski definition) is 1. The summed E-state index contributed by atoms with van der Waals surface area (Å²) in [5, 5.41) is 2.95. The van der Waals surface area contributed by atoms with Crippen LogP contribution in [0.2, 0.25) is 0 Å². The highest BCUT2D eigenvalue weighted by Gasteiger charge is 1.84. The van der Waals surface area contributed by atoms with E-state index < -0.39 is 0 Å². The average molecular weight is 135 g/mol. The summed E-state index contributed by atoms with van der Waals surface area (Å²) in [6.45, 7) is 10.9. The molecule has 0 atom stereocenters. The molecule has 10 heavy (non-hydrogen) atoms. The van der Waals surface area contributed by atoms with Gasteiger partial charge in [0.1, 0.15) is 0 Å². The zero-order chi connectivity index (χ0) is 7.98. The molecule has 0 saturated carbocycles. The summed E-state index contributed by atoms with van der Waals surface area (Å²) in [4.78, 5) is 0. The van der Waals surface area contributed by atoms with Gasteiger partial charge >= 0.3 is 0 Å². The molecule has 0 saturated heterocycles. The molecule has 0 rings (SSSR count). The molecule has 0 spiro atoms. The normalized spacial score (nSPS) is 10.3. The minimum atomic E-state index is 0.879. The zero-order valence-corrected chi connectivity index (χ0v) is 6.35. The molecule has 0 radical (unpaired) electrons. The predicted molar refractivity (Wildman–Crippen MR) is 46.7 cm³/mol. The molecule has 0 unspecified atom stereocenters. The Morgan fingerprint density at radius 1 is 1.30 bits per heavy atom. The monoisotopic (exact) mass is 135 g/mol. The van der Waals surface area contributed by atoms with Crippen LogP contribution in [0.25, 0.3) is 0 Å². The van der Waals surface area contributed by atoms with E-state index in [1.54, 1.807) is 12.2 Å². The summed E-state index contributed by atoms with van der Waals surface area (Å²) in [5.74, 6) is 0. The largest absolute Gasteiger partial charge is 0.388 e. The molecule has 1 heteroatoms. The van der Waals surface area contributed by atoms with Crippen molar-refractivity contribution in [3.05, 3.63) is 49.2 Å². The van der Waals surface area contributed by atoms with Gasteiger partial charge in [-0.15, -0.1) is 0 Å². The van der Waals surface area contributed by atoms with Crippen LogP contribution in [-0.2, 0) is 0 Å². The molecule has 0 aromatic rings. The van der Waals surface area contributed by atoms with Crippen LogP contribution in [0.5, 0.6) is 0 Å². The molecular formula is C9H13N. The Balaban J connectivity index is 4.23. The van der Waals surface area contributed by atoms with E-state index in [2.05, 4.69) is 25.1 Å². The average Bonchev–Trinajstić information content (AvgIpc) is 1.99. The van der Waals surface area contributed by atoms with Crippen molar-refractivity contribution < 1.29 is 0 Å². The standard InChI is InChI=1S/C9H13N/c1-5-8(3)7-9(6-2)10-4/h5-7,10H,1-3H2,4H3/b9-7-. The second-order valence-corrected chi connectivity index (χ2v) is 1.83. The van der Waals surface area contributed by atoms with Gasteiger partial charge in [-0.1, -0.05) is 25.8 Å². The first-order valence-electron chi connectivity index (χ1n) is 3.07. The Morgan fingerprint density at radius 3 is 2.20 bits per heavy atom. The van der Waals surface area contributed by atoms with Gasteiger partial charge in [0.2, 0.25) is 0 Å². The van der Waals surface area contributed by atoms with Crippen LogP contribution in [0.1, 0.15) is 0 Å². The Bertz CT molecular complexity index is 175. The Hall–Kier alpha value is -1.24. The highest BCUT2D eigenvalue weighted by molar-refractivity contribution is 5.32. The molecule has 0 amide bonds. The van der Waals surface area contributed by atoms with Gasteiger partial charge < -0.3 is 5.32 Å². The van der Waals surface area contributed by atoms with E-state index in [4.69, 9.17) is 0 Å². The molecule has 0 aliphatic carbocycles. The molecule has 0 aliphatic rings. The number of rotatable bonds is 4. The van der Waals surface area contributed by atoms with Gasteiger partial charge in [0.15, 0.2) is 0 Å². The van der Waals surface area contributed by atoms with E-state index in [0.717, 1.165) is 11.3 Å². The van der Waals surface area contributed by atoms with Crippen LogP contribution >= 0.6 is 0 Å². The van der Waals surface area contributed by atoms with Crippen molar-refractivity contribution in [1.29, 1.82) is 0 Å². The van der Waals surface area contributed by atoms with E-state index >= 15 is 0 Å². The third kappa shape index (κ3) is 2.92. The first kappa shape index (κ1) is 8.76. The van der Waals surface area contributed by atoms with Gasteiger partial charge in [0.05, 0.1) is 0 Å². The summed E-state index contributed by atoms with van der Waals surface area (Å²) in [7, 11) is 1.84. The maximum Gasteiger partial charge on any atom is 0.0337 e. The van der Waals surface area contributed by atoms with Crippen molar-refractivity contribution in [3.8, 4) is 0 Å². The fourth-order valence-electron chi connectivity index (χ4n) is 0.492. The molecule has 0 aliphatic heterocycles. The van der Waals surface area contributed by atoms with Gasteiger partial charge in [-0.2, -0.15) is 0 Å². The SMILES string of the molecule is C=CC(=C)/C=C(/C=C)NC. The highest BCUT2D eigenvalue weighted by atomic mass is 14.8. The summed E-state index contributed by atoms with van der Waals surface area (Å²) in [6.07, 6.45) is 5.30. The summed E-state index contributed by atoms with van der Waals surface area (Å²) < 4.78 is 0. The minimum absolute atomic E-state index is 0.879. The van der Waals surface area contributed by atoms with Gasteiger partial charge in [0.25, 0.3) is 0 Å². The first-order valence-corrected chi connectivity index (χ1v) is 3.07. The Kier molecular flexibility index (Phi) is 4.05. The lowest BCUT2D eigenvalue weighted by Crippen LogP contribution is -2.02. The number of likely N-dealkylation sites (N-methyl/N-ethyl adjacent to an activating group) is 1. The van der Waals surface area contributed by atoms with Crippen molar-refractivity contribution >= 4 is 0 Å². The number of allylic oxidation sites excluding steroid dienone is 4. The van der Waals surface area contributed by atoms with Crippen LogP contribution < -0.4 is 5.32 Å². The lowest BCUT2D eigenvalue weighted by Gasteiger charge is -1.98. The molecular weight excluding hydrogens is 122 g/mol. The van der Waals surface area contributed by atoms with Crippen molar-refractivity contribution in [2.24, 2.45) is 0 Å². The van der Waals surface area contributed by atoms with Crippen LogP contribution in [-0.4, -0.2) is 7.05 Å². The van der Waals surface area contributed by atoms with E-state index in [-0.39, 0.29) is 0 Å². The molecule has 54 valence electrons. The van der Waals surface area contributed by atoms with Crippen molar-refractivity contribution in [1.82, 2.24) is 5.32 Å². The van der Waals surface area contributed by atoms with Gasteiger partial charge in [0, 0.05) is 12.7 Å². The number of nitrogens with one attached hydrogen (secondary N) is 1. The molecule has 0 heterocycles. The lowest BCUT2D eigenvalue weighted by molar-refractivity contribution is 1.03. The third-order valence-corrected chi connectivity index (χ3v) is 1.11. The van der Waals surface area contributed by atoms with Crippen LogP contribution in [0.15, 0.2) is 49.2 Å². The molecule has 0 fully saturated rings. The van der Waals surface area contributed by atoms with Crippen molar-refractivity contribution in [2.75, 3.05) is 7.05 Å². The topological polar surface area (TPSA) is 12.0 Å². The quantitative estimate of drug-likeness (QED) is 0.581. The van der Waals surface area contributed by atoms with Crippen LogP contribution in [0.3, 0.4) is 0 Å². The van der Waals surface area contributed by atoms with Crippen molar-refractivity contribution in [3.63, 3.8) is 0 Å². The van der Waals surface area contributed by atoms with E-state index in [0.29, 0.717) is 0 Å². The molecule has 0 aromatic heterocycles. The Morgan fingerprint density at radius 2 is 1.90 bits per heavy atom.